The first-order valence-electron chi connectivity index (χ1n) is 13.4. The number of anilines is 2. The third-order valence-corrected chi connectivity index (χ3v) is 7.60. The molecule has 1 saturated heterocycles. The van der Waals surface area contributed by atoms with Crippen molar-refractivity contribution in [2.45, 2.75) is 19.5 Å². The molecule has 0 aliphatic carbocycles. The molecule has 1 unspecified atom stereocenters. The molecule has 11 nitrogen and oxygen atoms in total. The average Bonchev–Trinajstić information content (AvgIpc) is 3.39. The van der Waals surface area contributed by atoms with Crippen LogP contribution in [0.2, 0.25) is 0 Å². The third kappa shape index (κ3) is 5.19. The number of aromatic amines is 1. The van der Waals surface area contributed by atoms with E-state index in [1.807, 2.05) is 35.2 Å². The number of fused-ring (bicyclic) bond motifs is 1. The van der Waals surface area contributed by atoms with Gasteiger partial charge < -0.3 is 19.4 Å². The first kappa shape index (κ1) is 26.0. The van der Waals surface area contributed by atoms with E-state index in [-0.39, 0.29) is 24.1 Å². The number of nitriles is 1. The molecule has 1 amide bonds. The van der Waals surface area contributed by atoms with Crippen LogP contribution in [-0.2, 0) is 6.54 Å². The van der Waals surface area contributed by atoms with Crippen LogP contribution in [0.15, 0.2) is 71.9 Å². The topological polar surface area (TPSA) is 131 Å². The number of hydrogen-bond donors (Lipinski definition) is 1. The predicted octanol–water partition coefficient (Wildman–Crippen LogP) is 2.84. The van der Waals surface area contributed by atoms with Crippen molar-refractivity contribution in [2.24, 2.45) is 0 Å². The Hall–Kier alpha value is -5.24. The van der Waals surface area contributed by atoms with Crippen LogP contribution in [0.3, 0.4) is 0 Å². The Morgan fingerprint density at radius 3 is 2.73 bits per heavy atom. The second kappa shape index (κ2) is 11.1. The van der Waals surface area contributed by atoms with Gasteiger partial charge in [0.1, 0.15) is 30.3 Å². The molecule has 1 aromatic carbocycles. The Balaban J connectivity index is 1.13. The lowest BCUT2D eigenvalue weighted by atomic mass is 10.1. The van der Waals surface area contributed by atoms with Gasteiger partial charge in [0.25, 0.3) is 11.5 Å². The first-order valence-corrected chi connectivity index (χ1v) is 13.4. The number of amides is 1. The van der Waals surface area contributed by atoms with Crippen molar-refractivity contribution in [2.75, 3.05) is 42.6 Å². The molecule has 0 radical (unpaired) electrons. The number of benzene rings is 1. The molecule has 4 aromatic rings. The van der Waals surface area contributed by atoms with E-state index in [2.05, 4.69) is 36.0 Å². The molecule has 0 saturated carbocycles. The summed E-state index contributed by atoms with van der Waals surface area (Å²) in [5, 5.41) is 15.5. The number of carbonyl (C=O) groups is 1. The maximum atomic E-state index is 13.4. The highest BCUT2D eigenvalue weighted by Gasteiger charge is 2.33. The normalized spacial score (nSPS) is 16.3. The van der Waals surface area contributed by atoms with Gasteiger partial charge in [-0.3, -0.25) is 14.6 Å². The van der Waals surface area contributed by atoms with Crippen molar-refractivity contribution in [1.29, 1.82) is 5.26 Å². The van der Waals surface area contributed by atoms with Crippen LogP contribution < -0.4 is 20.1 Å². The Bertz CT molecular complexity index is 1670. The minimum atomic E-state index is -0.230. The molecule has 1 fully saturated rings. The van der Waals surface area contributed by atoms with Crippen molar-refractivity contribution in [3.8, 4) is 11.8 Å². The van der Waals surface area contributed by atoms with Gasteiger partial charge in [0.05, 0.1) is 23.1 Å². The Labute approximate surface area is 236 Å². The molecule has 1 atom stereocenters. The van der Waals surface area contributed by atoms with Crippen molar-refractivity contribution >= 4 is 17.4 Å². The van der Waals surface area contributed by atoms with Crippen LogP contribution in [0, 0.1) is 18.3 Å². The Morgan fingerprint density at radius 1 is 1.10 bits per heavy atom. The molecule has 6 rings (SSSR count). The van der Waals surface area contributed by atoms with E-state index in [0.29, 0.717) is 55.2 Å². The van der Waals surface area contributed by atoms with Gasteiger partial charge in [-0.2, -0.15) is 10.4 Å². The SMILES string of the molecule is Cc1c(N2Cc3cccnc3C2COc2cccc(C(=O)N3CCN(c4ccc(C#N)cn4)CC3)c2)cn[nH]c1=O. The molecule has 3 aromatic heterocycles. The summed E-state index contributed by atoms with van der Waals surface area (Å²) in [6.07, 6.45) is 4.98. The quantitative estimate of drug-likeness (QED) is 0.386. The van der Waals surface area contributed by atoms with Gasteiger partial charge in [-0.1, -0.05) is 12.1 Å². The third-order valence-electron chi connectivity index (χ3n) is 7.60. The highest BCUT2D eigenvalue weighted by molar-refractivity contribution is 5.94. The van der Waals surface area contributed by atoms with Gasteiger partial charge in [0.15, 0.2) is 0 Å². The van der Waals surface area contributed by atoms with Crippen LogP contribution in [0.25, 0.3) is 0 Å². The monoisotopic (exact) mass is 548 g/mol. The first-order chi connectivity index (χ1) is 20.0. The fourth-order valence-corrected chi connectivity index (χ4v) is 5.34. The van der Waals surface area contributed by atoms with E-state index in [4.69, 9.17) is 10.00 Å². The summed E-state index contributed by atoms with van der Waals surface area (Å²) in [4.78, 5) is 40.6. The number of nitrogens with one attached hydrogen (secondary N) is 1. The number of piperazine rings is 1. The van der Waals surface area contributed by atoms with Gasteiger partial charge in [-0.25, -0.2) is 10.1 Å². The minimum absolute atomic E-state index is 0.0531. The van der Waals surface area contributed by atoms with E-state index in [1.165, 1.54) is 0 Å². The van der Waals surface area contributed by atoms with Gasteiger partial charge in [0, 0.05) is 56.2 Å². The maximum Gasteiger partial charge on any atom is 0.269 e. The van der Waals surface area contributed by atoms with Crippen molar-refractivity contribution in [1.82, 2.24) is 25.1 Å². The summed E-state index contributed by atoms with van der Waals surface area (Å²) in [5.74, 6) is 1.33. The summed E-state index contributed by atoms with van der Waals surface area (Å²) in [7, 11) is 0. The second-order valence-electron chi connectivity index (χ2n) is 10.0. The van der Waals surface area contributed by atoms with E-state index in [0.717, 1.165) is 22.8 Å². The molecule has 206 valence electrons. The lowest BCUT2D eigenvalue weighted by molar-refractivity contribution is 0.0746. The highest BCUT2D eigenvalue weighted by Crippen LogP contribution is 2.37. The number of pyridine rings is 2. The number of carbonyl (C=O) groups excluding carboxylic acids is 1. The smallest absolute Gasteiger partial charge is 0.269 e. The molecular weight excluding hydrogens is 520 g/mol. The zero-order valence-electron chi connectivity index (χ0n) is 22.5. The second-order valence-corrected chi connectivity index (χ2v) is 10.0. The zero-order chi connectivity index (χ0) is 28.3. The minimum Gasteiger partial charge on any atom is -0.491 e. The van der Waals surface area contributed by atoms with E-state index in [9.17, 15) is 9.59 Å². The summed E-state index contributed by atoms with van der Waals surface area (Å²) >= 11 is 0. The molecule has 2 aliphatic heterocycles. The zero-order valence-corrected chi connectivity index (χ0v) is 22.5. The summed E-state index contributed by atoms with van der Waals surface area (Å²) < 4.78 is 6.24. The number of ether oxygens (including phenoxy) is 1. The van der Waals surface area contributed by atoms with Crippen LogP contribution in [0.1, 0.15) is 38.8 Å². The van der Waals surface area contributed by atoms with Crippen LogP contribution in [0.5, 0.6) is 5.75 Å². The lowest BCUT2D eigenvalue weighted by Crippen LogP contribution is -2.49. The predicted molar refractivity (Wildman–Crippen MR) is 152 cm³/mol. The largest absolute Gasteiger partial charge is 0.491 e. The van der Waals surface area contributed by atoms with Crippen molar-refractivity contribution < 1.29 is 9.53 Å². The van der Waals surface area contributed by atoms with Gasteiger partial charge in [0.2, 0.25) is 0 Å². The van der Waals surface area contributed by atoms with Crippen molar-refractivity contribution in [3.63, 3.8) is 0 Å². The summed E-state index contributed by atoms with van der Waals surface area (Å²) in [5.41, 5.74) is 4.14. The molecular formula is C30H28N8O3. The maximum absolute atomic E-state index is 13.4. The van der Waals surface area contributed by atoms with Gasteiger partial charge in [-0.05, 0) is 48.9 Å². The molecule has 5 heterocycles. The molecule has 0 spiro atoms. The molecule has 0 bridgehead atoms. The van der Waals surface area contributed by atoms with Crippen LogP contribution >= 0.6 is 0 Å². The lowest BCUT2D eigenvalue weighted by Gasteiger charge is -2.35. The number of hydrogen-bond acceptors (Lipinski definition) is 9. The van der Waals surface area contributed by atoms with E-state index in [1.54, 1.807) is 43.7 Å². The molecule has 11 heteroatoms. The number of H-pyrrole nitrogens is 1. The summed E-state index contributed by atoms with van der Waals surface area (Å²) in [6.45, 7) is 5.09. The fourth-order valence-electron chi connectivity index (χ4n) is 5.34. The van der Waals surface area contributed by atoms with E-state index < -0.39 is 0 Å². The van der Waals surface area contributed by atoms with E-state index >= 15 is 0 Å². The molecule has 1 N–H and O–H groups in total. The van der Waals surface area contributed by atoms with Crippen molar-refractivity contribution in [3.05, 3.63) is 105 Å². The Morgan fingerprint density at radius 2 is 1.95 bits per heavy atom. The molecule has 41 heavy (non-hydrogen) atoms. The van der Waals surface area contributed by atoms with Gasteiger partial charge >= 0.3 is 0 Å². The highest BCUT2D eigenvalue weighted by atomic mass is 16.5. The Kier molecular flexibility index (Phi) is 7.04. The van der Waals surface area contributed by atoms with Crippen LogP contribution in [-0.4, -0.2) is 63.8 Å². The standard InChI is InChI=1S/C30H28N8O3/c1-20-25(17-34-35-29(20)39)38-18-23-5-3-9-32-28(23)26(38)19-41-24-6-2-4-22(14-24)30(40)37-12-10-36(11-13-37)27-8-7-21(15-31)16-33-27/h2-9,14,16-17,26H,10-13,18-19H2,1H3,(H,35,39). The number of nitrogens with zero attached hydrogens (tertiary/aromatic N) is 7. The van der Waals surface area contributed by atoms with Crippen LogP contribution in [0.4, 0.5) is 11.5 Å². The number of aromatic nitrogens is 4. The summed E-state index contributed by atoms with van der Waals surface area (Å²) in [6, 6.07) is 16.6. The number of rotatable bonds is 6. The van der Waals surface area contributed by atoms with Gasteiger partial charge in [-0.15, -0.1) is 0 Å². The molecule has 2 aliphatic rings. The fraction of sp³-hybridized carbons (Fsp3) is 0.267. The average molecular weight is 549 g/mol.